The summed E-state index contributed by atoms with van der Waals surface area (Å²) < 4.78 is 323. The zero-order valence-corrected chi connectivity index (χ0v) is 74.5. The fraction of sp³-hybridized carbons (Fsp3) is 0.207. The number of nitrogens with zero attached hydrogens (tertiary/aromatic N) is 7. The zero-order valence-electron chi connectivity index (χ0n) is 70.5. The zero-order chi connectivity index (χ0) is 99.6. The smallest absolute Gasteiger partial charge is 0.433 e. The lowest BCUT2D eigenvalue weighted by atomic mass is 9.86. The van der Waals surface area contributed by atoms with Gasteiger partial charge in [-0.25, -0.2) is 53.0 Å². The Labute approximate surface area is 770 Å². The van der Waals surface area contributed by atoms with E-state index in [1.54, 1.807) is 30.3 Å². The molecule has 0 aliphatic carbocycles. The highest BCUT2D eigenvalue weighted by molar-refractivity contribution is 7.91. The van der Waals surface area contributed by atoms with E-state index >= 15 is 0 Å². The van der Waals surface area contributed by atoms with E-state index in [1.165, 1.54) is 48.9 Å². The highest BCUT2D eigenvalue weighted by atomic mass is 35.5. The largest absolute Gasteiger partial charge is 0.455 e. The van der Waals surface area contributed by atoms with Crippen LogP contribution in [0.1, 0.15) is 135 Å². The number of alkyl halides is 15. The van der Waals surface area contributed by atoms with Gasteiger partial charge in [0.05, 0.1) is 124 Å². The molecule has 0 bridgehead atoms. The number of hydrogen-bond donors (Lipinski definition) is 4. The van der Waals surface area contributed by atoms with Crippen LogP contribution < -0.4 is 40.2 Å². The lowest BCUT2D eigenvalue weighted by Crippen LogP contribution is -2.16. The normalized spacial score (nSPS) is 12.1. The van der Waals surface area contributed by atoms with Crippen LogP contribution in [-0.4, -0.2) is 117 Å². The molecule has 135 heavy (non-hydrogen) atoms. The third-order valence-corrected chi connectivity index (χ3v) is 22.4. The maximum absolute atomic E-state index is 13.4. The molecule has 7 aromatic heterocycles. The third kappa shape index (κ3) is 30.4. The molecule has 0 aliphatic rings. The molecule has 0 atom stereocenters. The van der Waals surface area contributed by atoms with Gasteiger partial charge >= 0.3 is 30.9 Å². The van der Waals surface area contributed by atoms with Crippen LogP contribution in [0.4, 0.5) is 93.0 Å². The molecule has 0 saturated carbocycles. The number of nitrogens with one attached hydrogen (secondary N) is 4. The molecule has 5 aromatic carbocycles. The summed E-state index contributed by atoms with van der Waals surface area (Å²) in [7, 11) is -14.3. The monoisotopic (exact) mass is 2000 g/mol. The van der Waals surface area contributed by atoms with Gasteiger partial charge in [0.25, 0.3) is 23.6 Å². The summed E-state index contributed by atoms with van der Waals surface area (Å²) in [5, 5.41) is 9.86. The Kier molecular flexibility index (Phi) is 33.0. The number of aromatic nitrogens is 7. The summed E-state index contributed by atoms with van der Waals surface area (Å²) in [6.07, 6.45) is -8.30. The quantitative estimate of drug-likeness (QED) is 0.0515. The molecule has 724 valence electrons. The second kappa shape index (κ2) is 41.8. The van der Waals surface area contributed by atoms with E-state index in [0.29, 0.717) is 48.8 Å². The molecule has 0 radical (unpaired) electrons. The number of anilines is 4. The average Bonchev–Trinajstić information content (AvgIpc) is 0.805. The Morgan fingerprint density at radius 3 is 0.763 bits per heavy atom. The van der Waals surface area contributed by atoms with Crippen LogP contribution in [0.2, 0.25) is 5.02 Å². The maximum Gasteiger partial charge on any atom is 0.433 e. The number of pyridine rings is 7. The first kappa shape index (κ1) is 107. The van der Waals surface area contributed by atoms with Gasteiger partial charge in [-0.1, -0.05) is 72.7 Å². The van der Waals surface area contributed by atoms with Gasteiger partial charge in [-0.05, 0) is 161 Å². The third-order valence-electron chi connectivity index (χ3n) is 17.8. The van der Waals surface area contributed by atoms with Crippen molar-refractivity contribution >= 4 is 97.3 Å². The van der Waals surface area contributed by atoms with Crippen molar-refractivity contribution in [2.24, 2.45) is 0 Å². The molecule has 0 fully saturated rings. The van der Waals surface area contributed by atoms with Crippen LogP contribution in [0.5, 0.6) is 46.0 Å². The topological polar surface area (TPSA) is 380 Å². The highest BCUT2D eigenvalue weighted by Gasteiger charge is 2.38. The first-order valence-corrected chi connectivity index (χ1v) is 45.6. The van der Waals surface area contributed by atoms with Gasteiger partial charge in [0.15, 0.2) is 39.3 Å². The van der Waals surface area contributed by atoms with Gasteiger partial charge in [-0.15, -0.1) is 0 Å². The Balaban J connectivity index is 0.000000382. The minimum Gasteiger partial charge on any atom is -0.455 e. The first-order chi connectivity index (χ1) is 61.8. The maximum atomic E-state index is 13.4. The van der Waals surface area contributed by atoms with Crippen LogP contribution in [0, 0.1) is 5.82 Å². The fourth-order valence-corrected chi connectivity index (χ4v) is 13.5. The minimum absolute atomic E-state index is 0. The lowest BCUT2D eigenvalue weighted by Gasteiger charge is -2.21. The summed E-state index contributed by atoms with van der Waals surface area (Å²) in [4.78, 5) is 75.7. The Morgan fingerprint density at radius 2 is 0.548 bits per heavy atom. The van der Waals surface area contributed by atoms with E-state index in [2.05, 4.69) is 56.2 Å². The number of ether oxygens (including phenoxy) is 4. The molecule has 0 unspecified atom stereocenters. The van der Waals surface area contributed by atoms with Crippen molar-refractivity contribution in [2.75, 3.05) is 46.3 Å². The second-order valence-corrected chi connectivity index (χ2v) is 39.0. The number of amides is 4. The molecule has 4 amide bonds. The van der Waals surface area contributed by atoms with Gasteiger partial charge in [0.1, 0.15) is 68.9 Å². The summed E-state index contributed by atoms with van der Waals surface area (Å²) in [6, 6.07) is 27.0. The number of sulfone groups is 4. The summed E-state index contributed by atoms with van der Waals surface area (Å²) in [5.74, 6) is -5.10. The molecule has 0 saturated heterocycles. The summed E-state index contributed by atoms with van der Waals surface area (Å²) in [5.41, 5.74) is -5.10. The van der Waals surface area contributed by atoms with Crippen molar-refractivity contribution < 1.29 is 148 Å². The number of benzene rings is 5. The predicted molar refractivity (Wildman–Crippen MR) is 469 cm³/mol. The molecular weight excluding hydrogens is 1920 g/mol. The van der Waals surface area contributed by atoms with E-state index < -0.39 is 151 Å². The van der Waals surface area contributed by atoms with Gasteiger partial charge < -0.3 is 40.2 Å². The minimum atomic E-state index is -4.81. The number of rotatable bonds is 20. The van der Waals surface area contributed by atoms with Gasteiger partial charge in [0, 0.05) is 55.5 Å². The molecular formula is C87H82ClF16N11O16S4. The first-order valence-electron chi connectivity index (χ1n) is 37.6. The van der Waals surface area contributed by atoms with E-state index in [9.17, 15) is 123 Å². The SMILES string of the molecule is C.CC(C)(C)c1ccc(C(=O)Nc2cncc(S(C)(=O)=O)c2)c(Oc2ccc(C(F)(F)F)nc2)c1.CC(C)(C)c1ccc(C(=O)Nc2cncc(S(C)(=O)=O)c2)c(Oc2ccc(F)cc2Cl)c1.CS(=O)(=O)c1cncc(NC(=O)c2ccc(C(F)(F)F)cc2Oc2ccc(C(F)(F)F)nc2)c1.CS(=O)(=O)c1cncc(NC(=O)c2ccc(C(F)(F)F)cc2Oc2ccc(C(F)(F)F)nc2)c1.[HH].[HH].[HH].[HH]. The molecule has 12 rings (SSSR count). The van der Waals surface area contributed by atoms with Gasteiger partial charge in [0.2, 0.25) is 0 Å². The van der Waals surface area contributed by atoms with E-state index in [4.69, 9.17) is 30.5 Å². The van der Waals surface area contributed by atoms with Crippen molar-refractivity contribution in [1.29, 1.82) is 0 Å². The molecule has 4 N–H and O–H groups in total. The average molecular weight is 2010 g/mol. The fourth-order valence-electron chi connectivity index (χ4n) is 10.9. The summed E-state index contributed by atoms with van der Waals surface area (Å²) >= 11 is 6.10. The van der Waals surface area contributed by atoms with Gasteiger partial charge in [-0.3, -0.25) is 39.1 Å². The Hall–Kier alpha value is -13.8. The molecule has 7 heterocycles. The molecule has 27 nitrogen and oxygen atoms in total. The number of halogens is 17. The molecule has 48 heteroatoms. The number of hydrogen-bond acceptors (Lipinski definition) is 23. The molecule has 0 spiro atoms. The number of carbonyl (C=O) groups is 4. The van der Waals surface area contributed by atoms with Crippen LogP contribution in [0.25, 0.3) is 0 Å². The molecule has 0 aliphatic heterocycles. The van der Waals surface area contributed by atoms with Crippen LogP contribution in [0.15, 0.2) is 239 Å². The standard InChI is InChI=1S/C23H22ClFN2O4S.C23H22F3N3O4S.2C20H13F6N3O4S.CH4.4H2/c1-23(2,3)14-5-7-18(21(9-14)31-20-8-6-15(25)10-19(20)24)22(28)27-16-11-17(13-26-12-16)32(4,29)30;1-22(2,3)14-5-7-18(21(30)29-15-10-17(13-27-11-15)34(4,31)32)19(9-14)33-16-6-8-20(28-12-16)23(24,25)26;2*1-34(31,32)14-7-12(8-27-10-14)29-18(30)15-4-2-11(19(21,22)23)6-16(15)33-13-3-5-17(28-9-13)20(24,25)26;;;;;/h5-13H,1-4H3,(H,27,28);5-13H,1-4H3,(H,29,30);2*2-10H,1H3,(H,29,30);1H4;4*1H. The lowest BCUT2D eigenvalue weighted by molar-refractivity contribution is -0.142. The van der Waals surface area contributed by atoms with E-state index in [-0.39, 0.29) is 117 Å². The summed E-state index contributed by atoms with van der Waals surface area (Å²) in [6.45, 7) is 11.9. The second-order valence-electron chi connectivity index (χ2n) is 30.5. The van der Waals surface area contributed by atoms with Gasteiger partial charge in [-0.2, -0.15) is 65.9 Å². The molecule has 12 aromatic rings. The van der Waals surface area contributed by atoms with Crippen molar-refractivity contribution in [1.82, 2.24) is 34.9 Å². The number of carbonyl (C=O) groups excluding carboxylic acids is 4. The van der Waals surface area contributed by atoms with Crippen molar-refractivity contribution in [3.05, 3.63) is 292 Å². The highest BCUT2D eigenvalue weighted by Crippen LogP contribution is 2.42. The van der Waals surface area contributed by atoms with Crippen LogP contribution in [-0.2, 0) is 81.1 Å². The Morgan fingerprint density at radius 1 is 0.304 bits per heavy atom. The van der Waals surface area contributed by atoms with Crippen molar-refractivity contribution in [3.63, 3.8) is 0 Å². The predicted octanol–water partition coefficient (Wildman–Crippen LogP) is 22.4. The van der Waals surface area contributed by atoms with Crippen molar-refractivity contribution in [3.8, 4) is 46.0 Å². The Bertz CT molecular complexity index is 6430. The van der Waals surface area contributed by atoms with Crippen molar-refractivity contribution in [2.45, 2.75) is 110 Å². The van der Waals surface area contributed by atoms with E-state index in [0.717, 1.165) is 128 Å². The van der Waals surface area contributed by atoms with Crippen LogP contribution >= 0.6 is 11.6 Å². The van der Waals surface area contributed by atoms with Crippen LogP contribution in [0.3, 0.4) is 0 Å². The van der Waals surface area contributed by atoms with E-state index in [1.807, 2.05) is 41.5 Å².